The van der Waals surface area contributed by atoms with Crippen molar-refractivity contribution in [1.82, 2.24) is 5.43 Å². The average molecular weight is 417 g/mol. The highest BCUT2D eigenvalue weighted by atomic mass is 35.5. The largest absolute Gasteiger partial charge is 0.484 e. The van der Waals surface area contributed by atoms with E-state index in [-0.39, 0.29) is 12.5 Å². The second-order valence-corrected chi connectivity index (χ2v) is 7.08. The number of hydrazone groups is 1. The van der Waals surface area contributed by atoms with Crippen LogP contribution >= 0.6 is 23.2 Å². The number of nitrogens with one attached hydrogen (secondary N) is 1. The topological polar surface area (TPSA) is 63.8 Å². The van der Waals surface area contributed by atoms with Crippen LogP contribution in [0.3, 0.4) is 0 Å². The summed E-state index contributed by atoms with van der Waals surface area (Å²) < 4.78 is 11.2. The molecule has 0 unspecified atom stereocenters. The summed E-state index contributed by atoms with van der Waals surface area (Å²) in [6, 6.07) is 14.4. The number of carbonyl (C=O) groups excluding carboxylic acids is 1. The van der Waals surface area contributed by atoms with Crippen molar-refractivity contribution < 1.29 is 13.9 Å². The number of benzene rings is 2. The van der Waals surface area contributed by atoms with Crippen LogP contribution in [0.4, 0.5) is 0 Å². The fraction of sp³-hybridized carbons (Fsp3) is 0.143. The van der Waals surface area contributed by atoms with Crippen molar-refractivity contribution >= 4 is 35.3 Å². The molecule has 2 aromatic carbocycles. The van der Waals surface area contributed by atoms with Crippen LogP contribution in [0.2, 0.25) is 10.0 Å². The Morgan fingerprint density at radius 2 is 1.86 bits per heavy atom. The molecule has 28 heavy (non-hydrogen) atoms. The maximum absolute atomic E-state index is 11.9. The lowest BCUT2D eigenvalue weighted by atomic mass is 10.1. The minimum absolute atomic E-state index is 0.137. The van der Waals surface area contributed by atoms with Gasteiger partial charge in [0.25, 0.3) is 5.91 Å². The van der Waals surface area contributed by atoms with Crippen molar-refractivity contribution in [2.24, 2.45) is 5.10 Å². The SMILES string of the molecule is Cc1cc(C)cc(OCC(=O)NN=Cc2ccc(-c3cc(Cl)ccc3Cl)o2)c1. The Morgan fingerprint density at radius 1 is 1.11 bits per heavy atom. The molecular weight excluding hydrogens is 399 g/mol. The van der Waals surface area contributed by atoms with Gasteiger partial charge >= 0.3 is 0 Å². The molecule has 1 heterocycles. The van der Waals surface area contributed by atoms with Crippen molar-refractivity contribution in [3.05, 3.63) is 75.5 Å². The molecule has 0 saturated carbocycles. The van der Waals surface area contributed by atoms with Gasteiger partial charge in [0.15, 0.2) is 6.61 Å². The Balaban J connectivity index is 1.55. The monoisotopic (exact) mass is 416 g/mol. The van der Waals surface area contributed by atoms with E-state index in [4.69, 9.17) is 32.4 Å². The van der Waals surface area contributed by atoms with Crippen molar-refractivity contribution in [2.75, 3.05) is 6.61 Å². The van der Waals surface area contributed by atoms with Gasteiger partial charge in [0, 0.05) is 10.6 Å². The van der Waals surface area contributed by atoms with E-state index in [1.807, 2.05) is 32.0 Å². The van der Waals surface area contributed by atoms with Gasteiger partial charge < -0.3 is 9.15 Å². The fourth-order valence-electron chi connectivity index (χ4n) is 2.62. The third-order valence-corrected chi connectivity index (χ3v) is 4.33. The molecule has 0 radical (unpaired) electrons. The molecule has 1 aromatic heterocycles. The summed E-state index contributed by atoms with van der Waals surface area (Å²) in [6.45, 7) is 3.80. The molecule has 0 fully saturated rings. The Morgan fingerprint density at radius 3 is 2.61 bits per heavy atom. The molecule has 0 aliphatic rings. The fourth-order valence-corrected chi connectivity index (χ4v) is 3.00. The first kappa shape index (κ1) is 20.0. The Kier molecular flexibility index (Phi) is 6.39. The number of halogens is 2. The summed E-state index contributed by atoms with van der Waals surface area (Å²) in [7, 11) is 0. The van der Waals surface area contributed by atoms with E-state index in [0.29, 0.717) is 32.9 Å². The number of hydrogen-bond donors (Lipinski definition) is 1. The zero-order valence-electron chi connectivity index (χ0n) is 15.3. The third-order valence-electron chi connectivity index (χ3n) is 3.77. The Labute approximate surface area is 172 Å². The van der Waals surface area contributed by atoms with Crippen molar-refractivity contribution in [3.63, 3.8) is 0 Å². The molecule has 3 rings (SSSR count). The minimum atomic E-state index is -0.375. The van der Waals surface area contributed by atoms with Gasteiger partial charge in [-0.1, -0.05) is 29.3 Å². The average Bonchev–Trinajstić information content (AvgIpc) is 3.10. The number of amides is 1. The molecular formula is C21H18Cl2N2O3. The highest BCUT2D eigenvalue weighted by Crippen LogP contribution is 2.31. The van der Waals surface area contributed by atoms with Gasteiger partial charge in [0.2, 0.25) is 0 Å². The highest BCUT2D eigenvalue weighted by molar-refractivity contribution is 6.35. The molecule has 3 aromatic rings. The Bertz CT molecular complexity index is 1010. The normalized spacial score (nSPS) is 11.0. The van der Waals surface area contributed by atoms with Gasteiger partial charge in [-0.05, 0) is 67.4 Å². The zero-order chi connectivity index (χ0) is 20.1. The standard InChI is InChI=1S/C21H18Cl2N2O3/c1-13-7-14(2)9-17(8-13)27-12-21(26)25-24-11-16-4-6-20(28-16)18-10-15(22)3-5-19(18)23/h3-11H,12H2,1-2H3,(H,25,26). The lowest BCUT2D eigenvalue weighted by Gasteiger charge is -2.07. The number of aryl methyl sites for hydroxylation is 2. The summed E-state index contributed by atoms with van der Waals surface area (Å²) in [6.07, 6.45) is 1.40. The van der Waals surface area contributed by atoms with E-state index in [9.17, 15) is 4.79 Å². The van der Waals surface area contributed by atoms with Gasteiger partial charge in [-0.3, -0.25) is 4.79 Å². The summed E-state index contributed by atoms with van der Waals surface area (Å²) in [5, 5.41) is 4.96. The van der Waals surface area contributed by atoms with Crippen LogP contribution in [0, 0.1) is 13.8 Å². The molecule has 7 heteroatoms. The van der Waals surface area contributed by atoms with Crippen LogP contribution < -0.4 is 10.2 Å². The second-order valence-electron chi connectivity index (χ2n) is 6.23. The maximum Gasteiger partial charge on any atom is 0.277 e. The van der Waals surface area contributed by atoms with Gasteiger partial charge in [-0.2, -0.15) is 5.10 Å². The van der Waals surface area contributed by atoms with E-state index < -0.39 is 0 Å². The molecule has 5 nitrogen and oxygen atoms in total. The maximum atomic E-state index is 11.9. The first-order valence-corrected chi connectivity index (χ1v) is 9.24. The summed E-state index contributed by atoms with van der Waals surface area (Å²) in [4.78, 5) is 11.9. The molecule has 1 amide bonds. The molecule has 0 atom stereocenters. The second kappa shape index (κ2) is 8.95. The molecule has 0 aliphatic carbocycles. The predicted octanol–water partition coefficient (Wildman–Crippen LogP) is 5.40. The number of hydrogen-bond acceptors (Lipinski definition) is 4. The molecule has 0 bridgehead atoms. The molecule has 1 N–H and O–H groups in total. The lowest BCUT2D eigenvalue weighted by molar-refractivity contribution is -0.123. The van der Waals surface area contributed by atoms with E-state index in [0.717, 1.165) is 11.1 Å². The van der Waals surface area contributed by atoms with E-state index in [1.54, 1.807) is 30.3 Å². The number of furan rings is 1. The van der Waals surface area contributed by atoms with Crippen molar-refractivity contribution in [3.8, 4) is 17.1 Å². The lowest BCUT2D eigenvalue weighted by Crippen LogP contribution is -2.24. The molecule has 144 valence electrons. The number of carbonyl (C=O) groups is 1. The number of ether oxygens (including phenoxy) is 1. The Hall–Kier alpha value is -2.76. The van der Waals surface area contributed by atoms with Crippen molar-refractivity contribution in [2.45, 2.75) is 13.8 Å². The van der Waals surface area contributed by atoms with E-state index in [2.05, 4.69) is 10.5 Å². The first-order chi connectivity index (χ1) is 13.4. The summed E-state index contributed by atoms with van der Waals surface area (Å²) in [5.74, 6) is 1.28. The molecule has 0 aliphatic heterocycles. The first-order valence-electron chi connectivity index (χ1n) is 8.49. The van der Waals surface area contributed by atoms with Gasteiger partial charge in [-0.25, -0.2) is 5.43 Å². The van der Waals surface area contributed by atoms with Gasteiger partial charge in [0.05, 0.1) is 11.2 Å². The van der Waals surface area contributed by atoms with Crippen LogP contribution in [0.15, 0.2) is 58.0 Å². The zero-order valence-corrected chi connectivity index (χ0v) is 16.8. The third kappa shape index (κ3) is 5.38. The summed E-state index contributed by atoms with van der Waals surface area (Å²) >= 11 is 12.2. The van der Waals surface area contributed by atoms with Crippen molar-refractivity contribution in [1.29, 1.82) is 0 Å². The molecule has 0 spiro atoms. The molecule has 0 saturated heterocycles. The van der Waals surface area contributed by atoms with E-state index in [1.165, 1.54) is 6.21 Å². The van der Waals surface area contributed by atoms with Crippen LogP contribution in [0.25, 0.3) is 11.3 Å². The van der Waals surface area contributed by atoms with Crippen LogP contribution in [-0.2, 0) is 4.79 Å². The van der Waals surface area contributed by atoms with Gasteiger partial charge in [-0.15, -0.1) is 0 Å². The van der Waals surface area contributed by atoms with E-state index >= 15 is 0 Å². The highest BCUT2D eigenvalue weighted by Gasteiger charge is 2.09. The smallest absolute Gasteiger partial charge is 0.277 e. The van der Waals surface area contributed by atoms with Crippen LogP contribution in [0.5, 0.6) is 5.75 Å². The van der Waals surface area contributed by atoms with Crippen LogP contribution in [-0.4, -0.2) is 18.7 Å². The quantitative estimate of drug-likeness (QED) is 0.432. The van der Waals surface area contributed by atoms with Gasteiger partial charge in [0.1, 0.15) is 17.3 Å². The predicted molar refractivity (Wildman–Crippen MR) is 111 cm³/mol. The van der Waals surface area contributed by atoms with Crippen LogP contribution in [0.1, 0.15) is 16.9 Å². The number of nitrogens with zero attached hydrogens (tertiary/aromatic N) is 1. The minimum Gasteiger partial charge on any atom is -0.484 e. The number of rotatable bonds is 6. The summed E-state index contributed by atoms with van der Waals surface area (Å²) in [5.41, 5.74) is 5.22.